The molecule has 4 heteroatoms. The number of rotatable bonds is 4. The van der Waals surface area contributed by atoms with Gasteiger partial charge in [-0.05, 0) is 19.3 Å². The van der Waals surface area contributed by atoms with Crippen LogP contribution in [0.5, 0.6) is 0 Å². The van der Waals surface area contributed by atoms with Gasteiger partial charge in [0.25, 0.3) is 0 Å². The van der Waals surface area contributed by atoms with E-state index in [0.717, 1.165) is 25.9 Å². The van der Waals surface area contributed by atoms with E-state index in [4.69, 9.17) is 10.00 Å². The Morgan fingerprint density at radius 3 is 3.14 bits per heavy atom. The van der Waals surface area contributed by atoms with Crippen molar-refractivity contribution < 1.29 is 9.53 Å². The molecular formula is C10H16N2O2. The number of nitrogens with zero attached hydrogens (tertiary/aromatic N) is 1. The summed E-state index contributed by atoms with van der Waals surface area (Å²) in [6, 6.07) is 2.04. The molecule has 0 aromatic carbocycles. The Balaban J connectivity index is 2.11. The van der Waals surface area contributed by atoms with Crippen LogP contribution in [-0.2, 0) is 9.53 Å². The number of nitrogens with one attached hydrogen (secondary N) is 1. The Morgan fingerprint density at radius 2 is 2.50 bits per heavy atom. The Labute approximate surface area is 84.2 Å². The van der Waals surface area contributed by atoms with Crippen LogP contribution in [-0.4, -0.2) is 25.7 Å². The first-order chi connectivity index (χ1) is 6.84. The lowest BCUT2D eigenvalue weighted by Gasteiger charge is -2.21. The van der Waals surface area contributed by atoms with E-state index in [1.807, 2.05) is 6.07 Å². The molecule has 0 saturated carbocycles. The zero-order chi connectivity index (χ0) is 10.2. The molecule has 14 heavy (non-hydrogen) atoms. The van der Waals surface area contributed by atoms with E-state index in [9.17, 15) is 4.79 Å². The third-order valence-corrected chi connectivity index (χ3v) is 2.30. The summed E-state index contributed by atoms with van der Waals surface area (Å²) in [6.07, 6.45) is 3.12. The number of hydrogen-bond donors (Lipinski definition) is 1. The van der Waals surface area contributed by atoms with E-state index in [2.05, 4.69) is 5.32 Å². The van der Waals surface area contributed by atoms with Crippen molar-refractivity contribution in [3.63, 3.8) is 0 Å². The second-order valence-corrected chi connectivity index (χ2v) is 3.47. The fraction of sp³-hybridized carbons (Fsp3) is 0.800. The van der Waals surface area contributed by atoms with Crippen LogP contribution in [0.15, 0.2) is 0 Å². The lowest BCUT2D eigenvalue weighted by Crippen LogP contribution is -2.35. The van der Waals surface area contributed by atoms with Gasteiger partial charge in [-0.1, -0.05) is 0 Å². The molecule has 0 aromatic rings. The Bertz CT molecular complexity index is 217. The Hall–Kier alpha value is -1.08. The maximum Gasteiger partial charge on any atom is 0.225 e. The largest absolute Gasteiger partial charge is 0.381 e. The van der Waals surface area contributed by atoms with Gasteiger partial charge < -0.3 is 10.1 Å². The van der Waals surface area contributed by atoms with E-state index < -0.39 is 0 Å². The van der Waals surface area contributed by atoms with E-state index in [-0.39, 0.29) is 11.8 Å². The van der Waals surface area contributed by atoms with E-state index in [0.29, 0.717) is 19.6 Å². The molecule has 0 spiro atoms. The van der Waals surface area contributed by atoms with Gasteiger partial charge in [0.2, 0.25) is 5.91 Å². The summed E-state index contributed by atoms with van der Waals surface area (Å²) in [6.45, 7) is 1.92. The number of carbonyl (C=O) groups excluding carboxylic acids is 1. The van der Waals surface area contributed by atoms with Gasteiger partial charge in [-0.3, -0.25) is 4.79 Å². The number of amides is 1. The van der Waals surface area contributed by atoms with Crippen molar-refractivity contribution in [3.8, 4) is 6.07 Å². The maximum atomic E-state index is 11.5. The predicted molar refractivity (Wildman–Crippen MR) is 51.4 cm³/mol. The highest BCUT2D eigenvalue weighted by Gasteiger charge is 2.20. The van der Waals surface area contributed by atoms with Gasteiger partial charge >= 0.3 is 0 Å². The van der Waals surface area contributed by atoms with Crippen molar-refractivity contribution in [3.05, 3.63) is 0 Å². The topological polar surface area (TPSA) is 62.1 Å². The first-order valence-electron chi connectivity index (χ1n) is 5.07. The summed E-state index contributed by atoms with van der Waals surface area (Å²) in [5, 5.41) is 11.1. The average Bonchev–Trinajstić information content (AvgIpc) is 2.25. The van der Waals surface area contributed by atoms with Crippen molar-refractivity contribution >= 4 is 5.91 Å². The van der Waals surface area contributed by atoms with Gasteiger partial charge in [0, 0.05) is 19.6 Å². The van der Waals surface area contributed by atoms with Crippen LogP contribution < -0.4 is 5.32 Å². The highest BCUT2D eigenvalue weighted by molar-refractivity contribution is 5.78. The highest BCUT2D eigenvalue weighted by Crippen LogP contribution is 2.13. The van der Waals surface area contributed by atoms with Crippen LogP contribution in [0.1, 0.15) is 25.7 Å². The van der Waals surface area contributed by atoms with Crippen molar-refractivity contribution in [2.75, 3.05) is 19.8 Å². The van der Waals surface area contributed by atoms with Gasteiger partial charge in [-0.2, -0.15) is 5.26 Å². The first-order valence-corrected chi connectivity index (χ1v) is 5.07. The lowest BCUT2D eigenvalue weighted by molar-refractivity contribution is -0.128. The lowest BCUT2D eigenvalue weighted by atomic mass is 10.0. The normalized spacial score (nSPS) is 21.2. The highest BCUT2D eigenvalue weighted by atomic mass is 16.5. The summed E-state index contributed by atoms with van der Waals surface area (Å²) in [7, 11) is 0. The van der Waals surface area contributed by atoms with Crippen LogP contribution >= 0.6 is 0 Å². The molecule has 1 atom stereocenters. The number of nitriles is 1. The van der Waals surface area contributed by atoms with Crippen LogP contribution in [0.4, 0.5) is 0 Å². The minimum atomic E-state index is 0.0193. The number of hydrogen-bond acceptors (Lipinski definition) is 3. The number of carbonyl (C=O) groups is 1. The smallest absolute Gasteiger partial charge is 0.225 e. The molecule has 0 radical (unpaired) electrons. The maximum absolute atomic E-state index is 11.5. The summed E-state index contributed by atoms with van der Waals surface area (Å²) in [5.74, 6) is 0.0912. The molecule has 1 heterocycles. The minimum Gasteiger partial charge on any atom is -0.381 e. The number of unbranched alkanes of at least 4 members (excludes halogenated alkanes) is 1. The molecule has 4 nitrogen and oxygen atoms in total. The average molecular weight is 196 g/mol. The molecule has 1 fully saturated rings. The molecule has 1 amide bonds. The second kappa shape index (κ2) is 6.39. The first kappa shape index (κ1) is 11.0. The standard InChI is InChI=1S/C10H16N2O2/c11-5-1-2-6-12-10(13)9-4-3-7-14-8-9/h9H,1-4,6-8H2,(H,12,13). The van der Waals surface area contributed by atoms with Crippen molar-refractivity contribution in [1.82, 2.24) is 5.32 Å². The summed E-state index contributed by atoms with van der Waals surface area (Å²) >= 11 is 0. The fourth-order valence-electron chi connectivity index (χ4n) is 1.47. The van der Waals surface area contributed by atoms with Gasteiger partial charge in [0.1, 0.15) is 0 Å². The van der Waals surface area contributed by atoms with Gasteiger partial charge in [0.05, 0.1) is 18.6 Å². The molecule has 0 aromatic heterocycles. The molecule has 1 aliphatic rings. The quantitative estimate of drug-likeness (QED) is 0.677. The zero-order valence-corrected chi connectivity index (χ0v) is 8.29. The summed E-state index contributed by atoms with van der Waals surface area (Å²) in [4.78, 5) is 11.5. The monoisotopic (exact) mass is 196 g/mol. The summed E-state index contributed by atoms with van der Waals surface area (Å²) in [5.41, 5.74) is 0. The van der Waals surface area contributed by atoms with E-state index in [1.165, 1.54) is 0 Å². The molecule has 0 bridgehead atoms. The van der Waals surface area contributed by atoms with E-state index in [1.54, 1.807) is 0 Å². The van der Waals surface area contributed by atoms with Crippen molar-refractivity contribution in [2.45, 2.75) is 25.7 Å². The van der Waals surface area contributed by atoms with E-state index >= 15 is 0 Å². The molecule has 0 aliphatic carbocycles. The zero-order valence-electron chi connectivity index (χ0n) is 8.29. The Morgan fingerprint density at radius 1 is 1.64 bits per heavy atom. The molecule has 1 unspecified atom stereocenters. The number of ether oxygens (including phenoxy) is 1. The van der Waals surface area contributed by atoms with Gasteiger partial charge in [0.15, 0.2) is 0 Å². The third-order valence-electron chi connectivity index (χ3n) is 2.30. The predicted octanol–water partition coefficient (Wildman–Crippen LogP) is 0.833. The SMILES string of the molecule is N#CCCCNC(=O)C1CCCOC1. The second-order valence-electron chi connectivity index (χ2n) is 3.47. The third kappa shape index (κ3) is 3.75. The Kier molecular flexibility index (Phi) is 5.02. The molecule has 1 rings (SSSR count). The fourth-order valence-corrected chi connectivity index (χ4v) is 1.47. The molecular weight excluding hydrogens is 180 g/mol. The molecule has 78 valence electrons. The van der Waals surface area contributed by atoms with Crippen molar-refractivity contribution in [2.24, 2.45) is 5.92 Å². The van der Waals surface area contributed by atoms with Gasteiger partial charge in [-0.15, -0.1) is 0 Å². The van der Waals surface area contributed by atoms with Crippen molar-refractivity contribution in [1.29, 1.82) is 5.26 Å². The van der Waals surface area contributed by atoms with Crippen LogP contribution in [0.25, 0.3) is 0 Å². The van der Waals surface area contributed by atoms with Crippen LogP contribution in [0, 0.1) is 17.2 Å². The minimum absolute atomic E-state index is 0.0193. The van der Waals surface area contributed by atoms with Crippen LogP contribution in [0.2, 0.25) is 0 Å². The molecule has 1 N–H and O–H groups in total. The van der Waals surface area contributed by atoms with Gasteiger partial charge in [-0.25, -0.2) is 0 Å². The van der Waals surface area contributed by atoms with Crippen LogP contribution in [0.3, 0.4) is 0 Å². The summed E-state index contributed by atoms with van der Waals surface area (Å²) < 4.78 is 5.22. The molecule has 1 saturated heterocycles. The molecule has 1 aliphatic heterocycles.